The third-order valence-corrected chi connectivity index (χ3v) is 0.831. The summed E-state index contributed by atoms with van der Waals surface area (Å²) in [5.74, 6) is 0. The van der Waals surface area contributed by atoms with E-state index in [0.29, 0.717) is 6.54 Å². The molecule has 1 aliphatic heterocycles. The van der Waals surface area contributed by atoms with Crippen molar-refractivity contribution < 1.29 is 4.84 Å². The maximum atomic E-state index is 5.22. The Labute approximate surface area is 42.1 Å². The van der Waals surface area contributed by atoms with Crippen LogP contribution in [-0.2, 0) is 4.84 Å². The van der Waals surface area contributed by atoms with Crippen LogP contribution < -0.4 is 11.2 Å². The normalized spacial score (nSPS) is 27.9. The van der Waals surface area contributed by atoms with E-state index in [1.807, 2.05) is 6.08 Å². The molecule has 0 radical (unpaired) electrons. The van der Waals surface area contributed by atoms with E-state index in [1.54, 1.807) is 6.20 Å². The highest BCUT2D eigenvalue weighted by molar-refractivity contribution is 4.91. The van der Waals surface area contributed by atoms with E-state index in [9.17, 15) is 0 Å². The molecule has 0 fully saturated rings. The lowest BCUT2D eigenvalue weighted by atomic mass is 10.4. The maximum Gasteiger partial charge on any atom is 0.117 e. The Morgan fingerprint density at radius 2 is 2.71 bits per heavy atom. The van der Waals surface area contributed by atoms with Crippen LogP contribution in [-0.4, -0.2) is 12.6 Å². The first-order valence-corrected chi connectivity index (χ1v) is 2.21. The minimum absolute atomic E-state index is 0.0833. The predicted octanol–water partition coefficient (Wildman–Crippen LogP) is -0.638. The van der Waals surface area contributed by atoms with Crippen molar-refractivity contribution in [2.24, 2.45) is 5.73 Å². The van der Waals surface area contributed by atoms with E-state index in [4.69, 9.17) is 10.6 Å². The molecule has 1 atom stereocenters. The zero-order valence-corrected chi connectivity index (χ0v) is 3.92. The minimum Gasteiger partial charge on any atom is -0.328 e. The summed E-state index contributed by atoms with van der Waals surface area (Å²) in [6.07, 6.45) is 3.69. The minimum atomic E-state index is 0.0833. The van der Waals surface area contributed by atoms with Crippen molar-refractivity contribution in [3.8, 4) is 0 Å². The second-order valence-electron chi connectivity index (χ2n) is 1.37. The lowest BCUT2D eigenvalue weighted by molar-refractivity contribution is 0.0526. The molecule has 40 valence electrons. The van der Waals surface area contributed by atoms with Crippen LogP contribution in [0.1, 0.15) is 0 Å². The summed E-state index contributed by atoms with van der Waals surface area (Å²) in [6.45, 7) is 0.545. The third kappa shape index (κ3) is 0.913. The van der Waals surface area contributed by atoms with Gasteiger partial charge >= 0.3 is 0 Å². The van der Waals surface area contributed by atoms with E-state index in [0.717, 1.165) is 0 Å². The topological polar surface area (TPSA) is 47.3 Å². The van der Waals surface area contributed by atoms with Gasteiger partial charge < -0.3 is 5.73 Å². The Kier molecular flexibility index (Phi) is 1.29. The molecule has 3 nitrogen and oxygen atoms in total. The molecule has 3 N–H and O–H groups in total. The maximum absolute atomic E-state index is 5.22. The van der Waals surface area contributed by atoms with Crippen molar-refractivity contribution >= 4 is 0 Å². The number of nitrogens with two attached hydrogens (primary N) is 1. The third-order valence-electron chi connectivity index (χ3n) is 0.831. The van der Waals surface area contributed by atoms with Crippen LogP contribution in [0.4, 0.5) is 0 Å². The molecule has 0 aromatic carbocycles. The highest BCUT2D eigenvalue weighted by Crippen LogP contribution is 1.93. The lowest BCUT2D eigenvalue weighted by Gasteiger charge is -1.99. The van der Waals surface area contributed by atoms with Gasteiger partial charge in [0, 0.05) is 12.7 Å². The molecule has 0 spiro atoms. The molecule has 1 heterocycles. The van der Waals surface area contributed by atoms with E-state index in [-0.39, 0.29) is 6.10 Å². The van der Waals surface area contributed by atoms with Crippen LogP contribution in [0, 0.1) is 0 Å². The van der Waals surface area contributed by atoms with Gasteiger partial charge in [0.1, 0.15) is 6.10 Å². The standard InChI is InChI=1S/C4H8N2O/c5-3-4-1-2-6-7-4/h1-2,4,6H,3,5H2. The first kappa shape index (κ1) is 4.61. The van der Waals surface area contributed by atoms with Crippen molar-refractivity contribution in [1.29, 1.82) is 0 Å². The van der Waals surface area contributed by atoms with Crippen molar-refractivity contribution in [2.75, 3.05) is 6.54 Å². The second-order valence-corrected chi connectivity index (χ2v) is 1.37. The number of hydrogen-bond acceptors (Lipinski definition) is 3. The van der Waals surface area contributed by atoms with Crippen LogP contribution in [0.3, 0.4) is 0 Å². The number of hydroxylamine groups is 1. The molecule has 0 aliphatic carbocycles. The van der Waals surface area contributed by atoms with E-state index in [2.05, 4.69) is 5.48 Å². The van der Waals surface area contributed by atoms with Crippen molar-refractivity contribution in [3.05, 3.63) is 12.3 Å². The van der Waals surface area contributed by atoms with Gasteiger partial charge in [0.15, 0.2) is 0 Å². The summed E-state index contributed by atoms with van der Waals surface area (Å²) >= 11 is 0. The van der Waals surface area contributed by atoms with Crippen LogP contribution in [0.15, 0.2) is 12.3 Å². The van der Waals surface area contributed by atoms with Crippen LogP contribution in [0.25, 0.3) is 0 Å². The van der Waals surface area contributed by atoms with Crippen molar-refractivity contribution in [1.82, 2.24) is 5.48 Å². The Balaban J connectivity index is 2.28. The van der Waals surface area contributed by atoms with Gasteiger partial charge in [0.05, 0.1) is 0 Å². The summed E-state index contributed by atoms with van der Waals surface area (Å²) in [4.78, 5) is 4.82. The van der Waals surface area contributed by atoms with Crippen LogP contribution in [0.5, 0.6) is 0 Å². The van der Waals surface area contributed by atoms with Gasteiger partial charge in [-0.1, -0.05) is 0 Å². The van der Waals surface area contributed by atoms with Crippen molar-refractivity contribution in [3.63, 3.8) is 0 Å². The van der Waals surface area contributed by atoms with Gasteiger partial charge in [-0.2, -0.15) is 0 Å². The average Bonchev–Trinajstić information content (AvgIpc) is 2.14. The molecule has 0 bridgehead atoms. The van der Waals surface area contributed by atoms with Gasteiger partial charge in [-0.05, 0) is 6.08 Å². The average molecular weight is 100 g/mol. The zero-order chi connectivity index (χ0) is 5.11. The molecular formula is C4H8N2O. The molecule has 3 heteroatoms. The van der Waals surface area contributed by atoms with Crippen LogP contribution >= 0.6 is 0 Å². The van der Waals surface area contributed by atoms with Crippen molar-refractivity contribution in [2.45, 2.75) is 6.10 Å². The van der Waals surface area contributed by atoms with E-state index >= 15 is 0 Å². The number of hydrogen-bond donors (Lipinski definition) is 2. The highest BCUT2D eigenvalue weighted by Gasteiger charge is 2.04. The molecule has 0 saturated carbocycles. The Bertz CT molecular complexity index is 81.8. The zero-order valence-electron chi connectivity index (χ0n) is 3.92. The molecule has 1 unspecified atom stereocenters. The molecule has 0 aromatic rings. The molecular weight excluding hydrogens is 92.1 g/mol. The van der Waals surface area contributed by atoms with Gasteiger partial charge in [-0.25, -0.2) is 0 Å². The Morgan fingerprint density at radius 1 is 1.86 bits per heavy atom. The SMILES string of the molecule is NCC1C=CNO1. The monoisotopic (exact) mass is 100 g/mol. The second kappa shape index (κ2) is 1.95. The largest absolute Gasteiger partial charge is 0.328 e. The van der Waals surface area contributed by atoms with Gasteiger partial charge in [0.2, 0.25) is 0 Å². The summed E-state index contributed by atoms with van der Waals surface area (Å²) in [5.41, 5.74) is 7.78. The first-order chi connectivity index (χ1) is 3.43. The number of nitrogens with one attached hydrogen (secondary N) is 1. The fraction of sp³-hybridized carbons (Fsp3) is 0.500. The molecule has 0 saturated heterocycles. The molecule has 0 amide bonds. The lowest BCUT2D eigenvalue weighted by Crippen LogP contribution is -2.20. The quantitative estimate of drug-likeness (QED) is 0.461. The smallest absolute Gasteiger partial charge is 0.117 e. The summed E-state index contributed by atoms with van der Waals surface area (Å²) in [5, 5.41) is 0. The fourth-order valence-corrected chi connectivity index (χ4v) is 0.439. The first-order valence-electron chi connectivity index (χ1n) is 2.21. The summed E-state index contributed by atoms with van der Waals surface area (Å²) in [7, 11) is 0. The van der Waals surface area contributed by atoms with E-state index < -0.39 is 0 Å². The van der Waals surface area contributed by atoms with E-state index in [1.165, 1.54) is 0 Å². The molecule has 0 aromatic heterocycles. The highest BCUT2D eigenvalue weighted by atomic mass is 16.7. The summed E-state index contributed by atoms with van der Waals surface area (Å²) < 4.78 is 0. The Hall–Kier alpha value is -0.540. The van der Waals surface area contributed by atoms with Gasteiger partial charge in [-0.3, -0.25) is 10.3 Å². The number of rotatable bonds is 1. The Morgan fingerprint density at radius 3 is 3.00 bits per heavy atom. The predicted molar refractivity (Wildman–Crippen MR) is 26.2 cm³/mol. The van der Waals surface area contributed by atoms with Crippen LogP contribution in [0.2, 0.25) is 0 Å². The molecule has 1 aliphatic rings. The summed E-state index contributed by atoms with van der Waals surface area (Å²) in [6, 6.07) is 0. The molecule has 7 heavy (non-hydrogen) atoms. The fourth-order valence-electron chi connectivity index (χ4n) is 0.439. The van der Waals surface area contributed by atoms with Gasteiger partial charge in [-0.15, -0.1) is 0 Å². The molecule has 1 rings (SSSR count). The van der Waals surface area contributed by atoms with Gasteiger partial charge in [0.25, 0.3) is 0 Å².